The summed E-state index contributed by atoms with van der Waals surface area (Å²) in [6.45, 7) is 2.73. The van der Waals surface area contributed by atoms with Gasteiger partial charge in [-0.25, -0.2) is 4.79 Å². The van der Waals surface area contributed by atoms with E-state index in [1.54, 1.807) is 36.1 Å². The summed E-state index contributed by atoms with van der Waals surface area (Å²) in [7, 11) is 0. The Morgan fingerprint density at radius 3 is 2.54 bits per heavy atom. The van der Waals surface area contributed by atoms with Gasteiger partial charge in [-0.2, -0.15) is 0 Å². The van der Waals surface area contributed by atoms with Crippen molar-refractivity contribution in [1.82, 2.24) is 4.90 Å². The number of hydrogen-bond acceptors (Lipinski definition) is 4. The van der Waals surface area contributed by atoms with Gasteiger partial charge in [0.2, 0.25) is 0 Å². The van der Waals surface area contributed by atoms with Gasteiger partial charge in [-0.1, -0.05) is 24.3 Å². The van der Waals surface area contributed by atoms with Crippen LogP contribution in [0.3, 0.4) is 0 Å². The summed E-state index contributed by atoms with van der Waals surface area (Å²) in [5, 5.41) is 0.512. The second kappa shape index (κ2) is 6.53. The SMILES string of the molecule is CCOC(=O)c1ccc(N2C(=O)C3Cc4ccccc4CN3C2=S)cc1. The van der Waals surface area contributed by atoms with Gasteiger partial charge in [0.15, 0.2) is 5.11 Å². The lowest BCUT2D eigenvalue weighted by atomic mass is 9.95. The first kappa shape index (κ1) is 16.7. The smallest absolute Gasteiger partial charge is 0.338 e. The van der Waals surface area contributed by atoms with Crippen molar-refractivity contribution in [3.63, 3.8) is 0 Å². The Morgan fingerprint density at radius 2 is 1.85 bits per heavy atom. The first-order chi connectivity index (χ1) is 12.6. The predicted octanol–water partition coefficient (Wildman–Crippen LogP) is 2.92. The molecule has 0 bridgehead atoms. The van der Waals surface area contributed by atoms with Gasteiger partial charge >= 0.3 is 5.97 Å². The van der Waals surface area contributed by atoms with Crippen molar-refractivity contribution in [2.45, 2.75) is 25.9 Å². The summed E-state index contributed by atoms with van der Waals surface area (Å²) in [6.07, 6.45) is 0.659. The molecule has 0 N–H and O–H groups in total. The highest BCUT2D eigenvalue weighted by molar-refractivity contribution is 7.80. The molecule has 2 aromatic carbocycles. The molecule has 1 saturated heterocycles. The lowest BCUT2D eigenvalue weighted by molar-refractivity contribution is -0.120. The first-order valence-corrected chi connectivity index (χ1v) is 8.99. The van der Waals surface area contributed by atoms with E-state index in [0.717, 1.165) is 0 Å². The third kappa shape index (κ3) is 2.66. The van der Waals surface area contributed by atoms with Gasteiger partial charge in [0.1, 0.15) is 6.04 Å². The molecular formula is C20H18N2O3S. The molecule has 2 heterocycles. The minimum atomic E-state index is -0.373. The molecule has 2 aliphatic heterocycles. The highest BCUT2D eigenvalue weighted by Gasteiger charge is 2.45. The summed E-state index contributed by atoms with van der Waals surface area (Å²) in [6, 6.07) is 14.7. The van der Waals surface area contributed by atoms with Gasteiger partial charge in [0.25, 0.3) is 5.91 Å². The molecule has 0 aliphatic carbocycles. The monoisotopic (exact) mass is 366 g/mol. The minimum Gasteiger partial charge on any atom is -0.462 e. The Balaban J connectivity index is 1.60. The molecule has 1 unspecified atom stereocenters. The highest BCUT2D eigenvalue weighted by atomic mass is 32.1. The molecule has 5 nitrogen and oxygen atoms in total. The molecule has 1 atom stereocenters. The van der Waals surface area contributed by atoms with Gasteiger partial charge in [-0.05, 0) is 54.5 Å². The lowest BCUT2D eigenvalue weighted by Crippen LogP contribution is -2.39. The van der Waals surface area contributed by atoms with Gasteiger partial charge in [-0.3, -0.25) is 9.69 Å². The van der Waals surface area contributed by atoms with Crippen LogP contribution in [0.4, 0.5) is 5.69 Å². The third-order valence-electron chi connectivity index (χ3n) is 4.83. The Bertz CT molecular complexity index is 851. The summed E-state index contributed by atoms with van der Waals surface area (Å²) in [5.41, 5.74) is 3.53. The van der Waals surface area contributed by atoms with Crippen LogP contribution in [0.5, 0.6) is 0 Å². The number of rotatable bonds is 3. The number of nitrogens with zero attached hydrogens (tertiary/aromatic N) is 2. The number of carbonyl (C=O) groups is 2. The maximum absolute atomic E-state index is 13.0. The fourth-order valence-electron chi connectivity index (χ4n) is 3.52. The van der Waals surface area contributed by atoms with Crippen molar-refractivity contribution in [3.8, 4) is 0 Å². The Kier molecular flexibility index (Phi) is 4.20. The average molecular weight is 366 g/mol. The van der Waals surface area contributed by atoms with Crippen molar-refractivity contribution in [2.75, 3.05) is 11.5 Å². The third-order valence-corrected chi connectivity index (χ3v) is 5.24. The average Bonchev–Trinajstić information content (AvgIpc) is 2.90. The maximum atomic E-state index is 13.0. The predicted molar refractivity (Wildman–Crippen MR) is 102 cm³/mol. The molecule has 2 aliphatic rings. The Labute approximate surface area is 157 Å². The van der Waals surface area contributed by atoms with Crippen molar-refractivity contribution < 1.29 is 14.3 Å². The molecule has 132 valence electrons. The topological polar surface area (TPSA) is 49.9 Å². The number of fused-ring (bicyclic) bond motifs is 2. The maximum Gasteiger partial charge on any atom is 0.338 e. The number of carbonyl (C=O) groups excluding carboxylic acids is 2. The zero-order valence-electron chi connectivity index (χ0n) is 14.3. The lowest BCUT2D eigenvalue weighted by Gasteiger charge is -2.30. The molecule has 0 saturated carbocycles. The number of thiocarbonyl (C=S) groups is 1. The van der Waals surface area contributed by atoms with Crippen LogP contribution < -0.4 is 4.90 Å². The quantitative estimate of drug-likeness (QED) is 0.618. The summed E-state index contributed by atoms with van der Waals surface area (Å²) >= 11 is 5.59. The molecule has 0 aromatic heterocycles. The summed E-state index contributed by atoms with van der Waals surface area (Å²) < 4.78 is 5.00. The zero-order valence-corrected chi connectivity index (χ0v) is 15.2. The fraction of sp³-hybridized carbons (Fsp3) is 0.250. The van der Waals surface area contributed by atoms with Crippen LogP contribution in [-0.4, -0.2) is 34.5 Å². The number of benzene rings is 2. The molecule has 0 radical (unpaired) electrons. The molecule has 6 heteroatoms. The van der Waals surface area contributed by atoms with Crippen LogP contribution in [0.1, 0.15) is 28.4 Å². The molecule has 4 rings (SSSR count). The van der Waals surface area contributed by atoms with E-state index in [1.807, 2.05) is 17.0 Å². The fourth-order valence-corrected chi connectivity index (χ4v) is 3.90. The first-order valence-electron chi connectivity index (χ1n) is 8.58. The Hall–Kier alpha value is -2.73. The van der Waals surface area contributed by atoms with E-state index in [1.165, 1.54) is 11.1 Å². The standard InChI is InChI=1S/C20H18N2O3S/c1-2-25-19(24)13-7-9-16(10-8-13)22-18(23)17-11-14-5-3-4-6-15(14)12-21(17)20(22)26/h3-10,17H,2,11-12H2,1H3. The molecule has 1 amide bonds. The summed E-state index contributed by atoms with van der Waals surface area (Å²) in [5.74, 6) is -0.393. The Morgan fingerprint density at radius 1 is 1.15 bits per heavy atom. The van der Waals surface area contributed by atoms with E-state index in [-0.39, 0.29) is 17.9 Å². The van der Waals surface area contributed by atoms with Crippen LogP contribution >= 0.6 is 12.2 Å². The molecular weight excluding hydrogens is 348 g/mol. The second-order valence-electron chi connectivity index (χ2n) is 6.34. The van der Waals surface area contributed by atoms with Crippen molar-refractivity contribution in [1.29, 1.82) is 0 Å². The minimum absolute atomic E-state index is 0.0200. The van der Waals surface area contributed by atoms with E-state index in [4.69, 9.17) is 17.0 Å². The largest absolute Gasteiger partial charge is 0.462 e. The molecule has 1 fully saturated rings. The van der Waals surface area contributed by atoms with E-state index >= 15 is 0 Å². The van der Waals surface area contributed by atoms with Crippen molar-refractivity contribution in [3.05, 3.63) is 65.2 Å². The number of anilines is 1. The normalized spacial score (nSPS) is 18.6. The van der Waals surface area contributed by atoms with Gasteiger partial charge in [0, 0.05) is 13.0 Å². The van der Waals surface area contributed by atoms with E-state index < -0.39 is 0 Å². The van der Waals surface area contributed by atoms with Crippen LogP contribution in [0.2, 0.25) is 0 Å². The van der Waals surface area contributed by atoms with Crippen LogP contribution in [0.25, 0.3) is 0 Å². The van der Waals surface area contributed by atoms with Gasteiger partial charge in [-0.15, -0.1) is 0 Å². The van der Waals surface area contributed by atoms with Crippen LogP contribution in [0, 0.1) is 0 Å². The molecule has 2 aromatic rings. The summed E-state index contributed by atoms with van der Waals surface area (Å²) in [4.78, 5) is 28.3. The van der Waals surface area contributed by atoms with E-state index in [9.17, 15) is 9.59 Å². The van der Waals surface area contributed by atoms with Crippen molar-refractivity contribution in [2.24, 2.45) is 0 Å². The number of esters is 1. The van der Waals surface area contributed by atoms with Crippen LogP contribution in [0.15, 0.2) is 48.5 Å². The molecule has 0 spiro atoms. The van der Waals surface area contributed by atoms with Gasteiger partial charge < -0.3 is 9.64 Å². The number of hydrogen-bond donors (Lipinski definition) is 0. The van der Waals surface area contributed by atoms with E-state index in [0.29, 0.717) is 35.9 Å². The molecule has 26 heavy (non-hydrogen) atoms. The highest BCUT2D eigenvalue weighted by Crippen LogP contribution is 2.33. The second-order valence-corrected chi connectivity index (χ2v) is 6.71. The van der Waals surface area contributed by atoms with Crippen LogP contribution in [-0.2, 0) is 22.5 Å². The van der Waals surface area contributed by atoms with E-state index in [2.05, 4.69) is 12.1 Å². The van der Waals surface area contributed by atoms with Crippen molar-refractivity contribution >= 4 is 34.9 Å². The number of ether oxygens (including phenoxy) is 1. The number of amides is 1. The zero-order chi connectivity index (χ0) is 18.3. The van der Waals surface area contributed by atoms with Gasteiger partial charge in [0.05, 0.1) is 17.9 Å².